The average molecular weight is 1050 g/mol. The van der Waals surface area contributed by atoms with E-state index in [1.54, 1.807) is 112 Å². The fourth-order valence-electron chi connectivity index (χ4n) is 6.57. The second-order valence-electron chi connectivity index (χ2n) is 17.8. The molecule has 0 atom stereocenters. The zero-order valence-electron chi connectivity index (χ0n) is 42.1. The number of hydrogen-bond acceptors (Lipinski definition) is 14. The second-order valence-corrected chi connectivity index (χ2v) is 18.4. The van der Waals surface area contributed by atoms with Crippen LogP contribution in [-0.2, 0) is 30.8 Å². The van der Waals surface area contributed by atoms with Crippen molar-refractivity contribution >= 4 is 63.5 Å². The number of ether oxygens (including phenoxy) is 6. The Bertz CT molecular complexity index is 2360. The van der Waals surface area contributed by atoms with E-state index < -0.39 is 17.2 Å². The number of hydrogen-bond donors (Lipinski definition) is 1. The molecule has 6 amide bonds. The fraction of sp³-hybridized carbons (Fsp3) is 0.440. The molecule has 2 saturated heterocycles. The van der Waals surface area contributed by atoms with Gasteiger partial charge in [-0.15, -0.1) is 0 Å². The van der Waals surface area contributed by atoms with Crippen LogP contribution in [-0.4, -0.2) is 158 Å². The maximum absolute atomic E-state index is 13.6. The number of esters is 2. The third-order valence-electron chi connectivity index (χ3n) is 10.3. The van der Waals surface area contributed by atoms with E-state index in [0.29, 0.717) is 91.6 Å². The summed E-state index contributed by atoms with van der Waals surface area (Å²) in [7, 11) is 5.83. The highest BCUT2D eigenvalue weighted by molar-refractivity contribution is 9.08. The number of carbonyl (C=O) groups excluding carboxylic acids is 6. The quantitative estimate of drug-likeness (QED) is 0.0954. The molecule has 0 aliphatic carbocycles. The lowest BCUT2D eigenvalue weighted by Gasteiger charge is -2.38. The highest BCUT2D eigenvalue weighted by Gasteiger charge is 2.31. The lowest BCUT2D eigenvalue weighted by Crippen LogP contribution is -2.54. The van der Waals surface area contributed by atoms with Gasteiger partial charge >= 0.3 is 36.2 Å². The Morgan fingerprint density at radius 1 is 0.563 bits per heavy atom. The van der Waals surface area contributed by atoms with Gasteiger partial charge in [-0.3, -0.25) is 14.9 Å². The Morgan fingerprint density at radius 2 is 0.972 bits per heavy atom. The summed E-state index contributed by atoms with van der Waals surface area (Å²) < 4.78 is 30.4. The number of piperazine rings is 2. The molecule has 0 saturated carbocycles. The average Bonchev–Trinajstić information content (AvgIpc) is 3.37. The van der Waals surface area contributed by atoms with Crippen LogP contribution in [0.3, 0.4) is 0 Å². The number of anilines is 2. The van der Waals surface area contributed by atoms with Crippen LogP contribution in [0, 0.1) is 0 Å². The van der Waals surface area contributed by atoms with Crippen molar-refractivity contribution in [1.29, 1.82) is 0 Å². The van der Waals surface area contributed by atoms with Gasteiger partial charge in [0.05, 0.1) is 57.5 Å². The topological polar surface area (TPSA) is 212 Å². The number of rotatable bonds is 9. The molecule has 2 fully saturated rings. The molecule has 2 aromatic carbocycles. The summed E-state index contributed by atoms with van der Waals surface area (Å²) in [6.07, 6.45) is 2.21. The molecule has 0 spiro atoms. The number of pyridine rings is 2. The van der Waals surface area contributed by atoms with Crippen molar-refractivity contribution in [2.24, 2.45) is 0 Å². The molecule has 4 heterocycles. The van der Waals surface area contributed by atoms with Gasteiger partial charge in [0.1, 0.15) is 22.7 Å². The van der Waals surface area contributed by atoms with Crippen LogP contribution in [0.2, 0.25) is 0 Å². The molecule has 71 heavy (non-hydrogen) atoms. The number of nitrogens with one attached hydrogen (secondary N) is 1. The summed E-state index contributed by atoms with van der Waals surface area (Å²) in [4.78, 5) is 89.5. The lowest BCUT2D eigenvalue weighted by molar-refractivity contribution is 0.0165. The van der Waals surface area contributed by atoms with E-state index >= 15 is 0 Å². The number of halogens is 1. The van der Waals surface area contributed by atoms with E-state index in [0.717, 1.165) is 11.4 Å². The standard InChI is InChI=1S/C25H32N4O6.C17H25N3O4.C8H8BrNO2/c1-25(2,3)35-24(32)28-14-12-27(13-15-28)23(31)29(20-8-10-21(33-4)11-9-20)17-19-7-6-18(16-26-19)22(30)34-5;1-17(2,3)24-16(22)20-11-9-19(10-12-20)15(21)18-13-5-7-14(23-4)8-6-13;1-12-8(11)6-2-3-7(4-9)10-5-6/h6-11,16H,12-15,17H2,1-5H3;5-8H,9-12H2,1-4H3,(H,18,21);2-3,5H,4H2,1H3. The first-order valence-electron chi connectivity index (χ1n) is 22.7. The molecule has 2 aromatic heterocycles. The van der Waals surface area contributed by atoms with Crippen LogP contribution >= 0.6 is 15.9 Å². The molecule has 2 aliphatic heterocycles. The number of carbonyl (C=O) groups is 6. The Morgan fingerprint density at radius 3 is 1.35 bits per heavy atom. The summed E-state index contributed by atoms with van der Waals surface area (Å²) in [6, 6.07) is 20.7. The zero-order chi connectivity index (χ0) is 52.3. The largest absolute Gasteiger partial charge is 0.497 e. The minimum Gasteiger partial charge on any atom is -0.497 e. The minimum atomic E-state index is -0.578. The smallest absolute Gasteiger partial charge is 0.410 e. The molecule has 0 radical (unpaired) electrons. The number of aromatic nitrogens is 2. The van der Waals surface area contributed by atoms with E-state index in [9.17, 15) is 28.8 Å². The number of urea groups is 2. The highest BCUT2D eigenvalue weighted by Crippen LogP contribution is 2.24. The Hall–Kier alpha value is -7.16. The molecule has 0 bridgehead atoms. The van der Waals surface area contributed by atoms with E-state index in [4.69, 9.17) is 23.7 Å². The van der Waals surface area contributed by atoms with Crippen molar-refractivity contribution in [2.45, 2.75) is 64.6 Å². The van der Waals surface area contributed by atoms with Gasteiger partial charge < -0.3 is 53.3 Å². The maximum Gasteiger partial charge on any atom is 0.410 e. The van der Waals surface area contributed by atoms with Crippen molar-refractivity contribution < 1.29 is 57.2 Å². The van der Waals surface area contributed by atoms with Gasteiger partial charge in [-0.2, -0.15) is 0 Å². The van der Waals surface area contributed by atoms with Crippen LogP contribution in [0.1, 0.15) is 73.6 Å². The van der Waals surface area contributed by atoms with Crippen LogP contribution in [0.5, 0.6) is 11.5 Å². The molecular weight excluding hydrogens is 984 g/mol. The predicted octanol–water partition coefficient (Wildman–Crippen LogP) is 8.10. The van der Waals surface area contributed by atoms with Gasteiger partial charge in [0.2, 0.25) is 0 Å². The third-order valence-corrected chi connectivity index (χ3v) is 10.9. The summed E-state index contributed by atoms with van der Waals surface area (Å²) in [5.41, 5.74) is 2.58. The van der Waals surface area contributed by atoms with Gasteiger partial charge in [0, 0.05) is 81.5 Å². The van der Waals surface area contributed by atoms with Crippen molar-refractivity contribution in [1.82, 2.24) is 29.6 Å². The van der Waals surface area contributed by atoms with E-state index in [1.165, 1.54) is 26.6 Å². The van der Waals surface area contributed by atoms with Crippen LogP contribution in [0.25, 0.3) is 0 Å². The van der Waals surface area contributed by atoms with Gasteiger partial charge in [-0.1, -0.05) is 15.9 Å². The molecule has 20 nitrogen and oxygen atoms in total. The van der Waals surface area contributed by atoms with Gasteiger partial charge in [0.15, 0.2) is 0 Å². The van der Waals surface area contributed by atoms with Gasteiger partial charge in [-0.05, 0) is 114 Å². The molecular formula is C50H65BrN8O12. The van der Waals surface area contributed by atoms with Gasteiger partial charge in [0.25, 0.3) is 0 Å². The SMILES string of the molecule is COC(=O)c1ccc(CBr)nc1.COC(=O)c1ccc(CN(C(=O)N2CCN(C(=O)OC(C)(C)C)CC2)c2ccc(OC)cc2)nc1.COc1ccc(NC(=O)N2CCN(C(=O)OC(C)(C)C)CC2)cc1. The normalized spacial score (nSPS) is 13.5. The third kappa shape index (κ3) is 18.3. The number of alkyl halides is 1. The van der Waals surface area contributed by atoms with Crippen LogP contribution in [0.4, 0.5) is 30.6 Å². The van der Waals surface area contributed by atoms with E-state index in [2.05, 4.69) is 36.0 Å². The molecule has 1 N–H and O–H groups in total. The Labute approximate surface area is 423 Å². The fourth-order valence-corrected chi connectivity index (χ4v) is 6.90. The van der Waals surface area contributed by atoms with Crippen LogP contribution in [0.15, 0.2) is 85.2 Å². The van der Waals surface area contributed by atoms with Crippen molar-refractivity contribution in [3.63, 3.8) is 0 Å². The molecule has 6 rings (SSSR count). The second kappa shape index (κ2) is 26.7. The van der Waals surface area contributed by atoms with Crippen molar-refractivity contribution in [2.75, 3.05) is 91.0 Å². The zero-order valence-corrected chi connectivity index (χ0v) is 43.6. The van der Waals surface area contributed by atoms with Crippen LogP contribution < -0.4 is 19.7 Å². The first-order valence-corrected chi connectivity index (χ1v) is 23.8. The first-order chi connectivity index (χ1) is 33.7. The molecule has 0 unspecified atom stereocenters. The number of nitrogens with zero attached hydrogens (tertiary/aromatic N) is 7. The molecule has 2 aliphatic rings. The molecule has 21 heteroatoms. The number of amides is 6. The van der Waals surface area contributed by atoms with Crippen molar-refractivity contribution in [3.8, 4) is 11.5 Å². The molecule has 384 valence electrons. The summed E-state index contributed by atoms with van der Waals surface area (Å²) in [5, 5.41) is 3.53. The van der Waals surface area contributed by atoms with E-state index in [1.807, 2.05) is 41.5 Å². The van der Waals surface area contributed by atoms with Crippen molar-refractivity contribution in [3.05, 3.63) is 108 Å². The minimum absolute atomic E-state index is 0.177. The van der Waals surface area contributed by atoms with Gasteiger partial charge in [-0.25, -0.2) is 28.8 Å². The Kier molecular flexibility index (Phi) is 21.2. The highest BCUT2D eigenvalue weighted by atomic mass is 79.9. The summed E-state index contributed by atoms with van der Waals surface area (Å²) >= 11 is 3.26. The molecule has 4 aromatic rings. The number of methoxy groups -OCH3 is 4. The maximum atomic E-state index is 13.6. The predicted molar refractivity (Wildman–Crippen MR) is 269 cm³/mol. The Balaban J connectivity index is 0.000000261. The summed E-state index contributed by atoms with van der Waals surface area (Å²) in [6.45, 7) is 14.5. The monoisotopic (exact) mass is 1050 g/mol. The van der Waals surface area contributed by atoms with E-state index in [-0.39, 0.29) is 36.8 Å². The lowest BCUT2D eigenvalue weighted by atomic mass is 10.2. The summed E-state index contributed by atoms with van der Waals surface area (Å²) in [5.74, 6) is 0.574. The number of benzene rings is 2. The first kappa shape index (κ1) is 56.4.